The van der Waals surface area contributed by atoms with Gasteiger partial charge in [0, 0.05) is 33.5 Å². The number of pyridine rings is 1. The van der Waals surface area contributed by atoms with E-state index in [4.69, 9.17) is 9.40 Å². The standard InChI is InChI=1S/C32H22N2O/c1-32(2)25-17-28-24(31-27(12-8-14-33-31)34(28)19-9-4-3-5-10-19)16-22(25)21-15-23-20-11-6-7-13-29(20)35-30(23)18-26(21)32/h3-18H,1-2H3. The third kappa shape index (κ3) is 2.37. The molecule has 8 rings (SSSR count). The first kappa shape index (κ1) is 19.0. The lowest BCUT2D eigenvalue weighted by Crippen LogP contribution is -2.15. The van der Waals surface area contributed by atoms with Crippen molar-refractivity contribution in [3.8, 4) is 16.8 Å². The molecule has 0 N–H and O–H groups in total. The Labute approximate surface area is 202 Å². The van der Waals surface area contributed by atoms with Crippen molar-refractivity contribution in [3.05, 3.63) is 108 Å². The smallest absolute Gasteiger partial charge is 0.135 e. The van der Waals surface area contributed by atoms with Gasteiger partial charge in [-0.3, -0.25) is 4.98 Å². The molecule has 0 bridgehead atoms. The topological polar surface area (TPSA) is 31.0 Å². The van der Waals surface area contributed by atoms with Crippen LogP contribution in [0.2, 0.25) is 0 Å². The minimum absolute atomic E-state index is 0.141. The monoisotopic (exact) mass is 450 g/mol. The minimum atomic E-state index is -0.141. The second kappa shape index (κ2) is 6.39. The highest BCUT2D eigenvalue weighted by molar-refractivity contribution is 6.11. The van der Waals surface area contributed by atoms with Crippen LogP contribution in [0.15, 0.2) is 102 Å². The summed E-state index contributed by atoms with van der Waals surface area (Å²) in [7, 11) is 0. The van der Waals surface area contributed by atoms with Crippen molar-refractivity contribution >= 4 is 43.9 Å². The van der Waals surface area contributed by atoms with Gasteiger partial charge in [-0.25, -0.2) is 0 Å². The number of furan rings is 1. The number of rotatable bonds is 1. The van der Waals surface area contributed by atoms with Gasteiger partial charge >= 0.3 is 0 Å². The van der Waals surface area contributed by atoms with Crippen molar-refractivity contribution in [2.24, 2.45) is 0 Å². The van der Waals surface area contributed by atoms with E-state index >= 15 is 0 Å². The second-order valence-electron chi connectivity index (χ2n) is 10.1. The van der Waals surface area contributed by atoms with Crippen LogP contribution in [0.3, 0.4) is 0 Å². The molecule has 3 heteroatoms. The number of nitrogens with zero attached hydrogens (tertiary/aromatic N) is 2. The summed E-state index contributed by atoms with van der Waals surface area (Å²) in [5.41, 5.74) is 11.5. The van der Waals surface area contributed by atoms with Gasteiger partial charge in [-0.1, -0.05) is 50.2 Å². The van der Waals surface area contributed by atoms with E-state index in [9.17, 15) is 0 Å². The van der Waals surface area contributed by atoms with E-state index < -0.39 is 0 Å². The lowest BCUT2D eigenvalue weighted by Gasteiger charge is -2.21. The van der Waals surface area contributed by atoms with Crippen molar-refractivity contribution in [3.63, 3.8) is 0 Å². The molecule has 0 amide bonds. The van der Waals surface area contributed by atoms with Gasteiger partial charge in [-0.2, -0.15) is 0 Å². The largest absolute Gasteiger partial charge is 0.456 e. The maximum absolute atomic E-state index is 6.25. The number of benzene rings is 4. The summed E-state index contributed by atoms with van der Waals surface area (Å²) in [4.78, 5) is 4.82. The fourth-order valence-corrected chi connectivity index (χ4v) is 6.13. The van der Waals surface area contributed by atoms with Gasteiger partial charge in [-0.05, 0) is 76.9 Å². The van der Waals surface area contributed by atoms with Crippen LogP contribution in [-0.2, 0) is 5.41 Å². The maximum atomic E-state index is 6.25. The lowest BCUT2D eigenvalue weighted by atomic mass is 9.82. The second-order valence-corrected chi connectivity index (χ2v) is 10.1. The Kier molecular flexibility index (Phi) is 3.47. The quantitative estimate of drug-likeness (QED) is 0.251. The molecule has 0 spiro atoms. The molecule has 4 aromatic carbocycles. The summed E-state index contributed by atoms with van der Waals surface area (Å²) in [6, 6.07) is 32.4. The third-order valence-corrected chi connectivity index (χ3v) is 7.83. The molecule has 35 heavy (non-hydrogen) atoms. The van der Waals surface area contributed by atoms with Crippen LogP contribution in [-0.4, -0.2) is 9.55 Å². The fourth-order valence-electron chi connectivity index (χ4n) is 6.13. The van der Waals surface area contributed by atoms with E-state index in [1.54, 1.807) is 0 Å². The molecule has 0 saturated carbocycles. The van der Waals surface area contributed by atoms with Crippen LogP contribution < -0.4 is 0 Å². The van der Waals surface area contributed by atoms with Crippen LogP contribution in [0.1, 0.15) is 25.0 Å². The Bertz CT molecular complexity index is 1970. The first-order chi connectivity index (χ1) is 17.1. The predicted octanol–water partition coefficient (Wildman–Crippen LogP) is 8.38. The van der Waals surface area contributed by atoms with E-state index in [1.807, 2.05) is 24.4 Å². The maximum Gasteiger partial charge on any atom is 0.135 e. The number of fused-ring (bicyclic) bond motifs is 9. The molecule has 3 aromatic heterocycles. The van der Waals surface area contributed by atoms with Crippen LogP contribution in [0, 0.1) is 0 Å². The molecule has 0 saturated heterocycles. The highest BCUT2D eigenvalue weighted by Crippen LogP contribution is 2.52. The fraction of sp³-hybridized carbons (Fsp3) is 0.0938. The Morgan fingerprint density at radius 1 is 0.657 bits per heavy atom. The van der Waals surface area contributed by atoms with Gasteiger partial charge in [0.25, 0.3) is 0 Å². The summed E-state index contributed by atoms with van der Waals surface area (Å²) in [6.45, 7) is 4.65. The molecule has 0 radical (unpaired) electrons. The number of hydrogen-bond donors (Lipinski definition) is 0. The highest BCUT2D eigenvalue weighted by Gasteiger charge is 2.37. The summed E-state index contributed by atoms with van der Waals surface area (Å²) in [6.07, 6.45) is 1.89. The van der Waals surface area contributed by atoms with E-state index in [2.05, 4.69) is 91.2 Å². The molecule has 1 aliphatic carbocycles. The molecule has 0 fully saturated rings. The molecular formula is C32H22N2O. The molecule has 166 valence electrons. The molecule has 0 unspecified atom stereocenters. The molecule has 0 atom stereocenters. The van der Waals surface area contributed by atoms with Gasteiger partial charge in [-0.15, -0.1) is 0 Å². The van der Waals surface area contributed by atoms with E-state index in [0.717, 1.165) is 27.9 Å². The van der Waals surface area contributed by atoms with Crippen LogP contribution in [0.4, 0.5) is 0 Å². The van der Waals surface area contributed by atoms with Crippen molar-refractivity contribution < 1.29 is 4.42 Å². The van der Waals surface area contributed by atoms with E-state index in [-0.39, 0.29) is 5.41 Å². The Balaban J connectivity index is 1.50. The van der Waals surface area contributed by atoms with E-state index in [0.29, 0.717) is 0 Å². The zero-order valence-electron chi connectivity index (χ0n) is 19.5. The number of para-hydroxylation sites is 2. The van der Waals surface area contributed by atoms with Crippen molar-refractivity contribution in [2.75, 3.05) is 0 Å². The van der Waals surface area contributed by atoms with Crippen molar-refractivity contribution in [2.45, 2.75) is 19.3 Å². The van der Waals surface area contributed by atoms with Crippen molar-refractivity contribution in [1.29, 1.82) is 0 Å². The van der Waals surface area contributed by atoms with E-state index in [1.165, 1.54) is 43.9 Å². The Morgan fingerprint density at radius 2 is 1.40 bits per heavy atom. The zero-order valence-corrected chi connectivity index (χ0v) is 19.5. The van der Waals surface area contributed by atoms with Gasteiger partial charge in [0.1, 0.15) is 11.2 Å². The molecular weight excluding hydrogens is 428 g/mol. The summed E-state index contributed by atoms with van der Waals surface area (Å²) >= 11 is 0. The molecule has 0 aliphatic heterocycles. The third-order valence-electron chi connectivity index (χ3n) is 7.83. The van der Waals surface area contributed by atoms with Crippen molar-refractivity contribution in [1.82, 2.24) is 9.55 Å². The average molecular weight is 451 g/mol. The normalized spacial score (nSPS) is 14.2. The Morgan fingerprint density at radius 3 is 2.26 bits per heavy atom. The molecule has 1 aliphatic rings. The summed E-state index contributed by atoms with van der Waals surface area (Å²) < 4.78 is 8.60. The Hall–Kier alpha value is -4.37. The van der Waals surface area contributed by atoms with Gasteiger partial charge in [0.15, 0.2) is 0 Å². The average Bonchev–Trinajstić information content (AvgIpc) is 3.49. The van der Waals surface area contributed by atoms with Gasteiger partial charge in [0.2, 0.25) is 0 Å². The highest BCUT2D eigenvalue weighted by atomic mass is 16.3. The first-order valence-corrected chi connectivity index (χ1v) is 12.1. The predicted molar refractivity (Wildman–Crippen MR) is 143 cm³/mol. The lowest BCUT2D eigenvalue weighted by molar-refractivity contribution is 0.647. The summed E-state index contributed by atoms with van der Waals surface area (Å²) in [5, 5.41) is 3.52. The molecule has 7 aromatic rings. The SMILES string of the molecule is CC1(C)c2cc3oc4ccccc4c3cc2-c2cc3c4ncccc4n(-c4ccccc4)c3cc21. The minimum Gasteiger partial charge on any atom is -0.456 e. The summed E-state index contributed by atoms with van der Waals surface area (Å²) in [5.74, 6) is 0. The first-order valence-electron chi connectivity index (χ1n) is 12.1. The van der Waals surface area contributed by atoms with Crippen LogP contribution >= 0.6 is 0 Å². The van der Waals surface area contributed by atoms with Gasteiger partial charge in [0.05, 0.1) is 16.6 Å². The van der Waals surface area contributed by atoms with Gasteiger partial charge < -0.3 is 8.98 Å². The zero-order chi connectivity index (χ0) is 23.3. The number of hydrogen-bond acceptors (Lipinski definition) is 2. The number of aromatic nitrogens is 2. The van der Waals surface area contributed by atoms with Crippen LogP contribution in [0.5, 0.6) is 0 Å². The van der Waals surface area contributed by atoms with Crippen LogP contribution in [0.25, 0.3) is 60.7 Å². The molecule has 3 nitrogen and oxygen atoms in total. The molecule has 3 heterocycles.